The molecule has 3 aromatic carbocycles. The van der Waals surface area contributed by atoms with Crippen molar-refractivity contribution in [3.8, 4) is 5.75 Å². The molecule has 0 spiro atoms. The van der Waals surface area contributed by atoms with E-state index in [1.165, 1.54) is 19.3 Å². The molecular formula is C28H33Cl2NOZr. The van der Waals surface area contributed by atoms with Crippen LogP contribution in [0.1, 0.15) is 68.7 Å². The van der Waals surface area contributed by atoms with E-state index in [0.29, 0.717) is 5.75 Å². The molecule has 0 radical (unpaired) electrons. The number of aliphatic imine (C=N–C) groups is 1. The molecule has 0 saturated carbocycles. The number of aromatic hydroxyl groups is 1. The van der Waals surface area contributed by atoms with Gasteiger partial charge in [-0.15, -0.1) is 0 Å². The Balaban J connectivity index is 0.00000122. The first-order valence-electron chi connectivity index (χ1n) is 11.4. The van der Waals surface area contributed by atoms with E-state index in [4.69, 9.17) is 22.0 Å². The minimum absolute atomic E-state index is 0.259. The Bertz CT molecular complexity index is 940. The van der Waals surface area contributed by atoms with Gasteiger partial charge in [0.05, 0.1) is 0 Å². The van der Waals surface area contributed by atoms with Gasteiger partial charge in [0, 0.05) is 28.8 Å². The number of hydrogen-bond donors (Lipinski definition) is 1. The molecule has 0 fully saturated rings. The number of phenols is 1. The molecule has 0 aliphatic rings. The van der Waals surface area contributed by atoms with Crippen LogP contribution in [0.5, 0.6) is 5.75 Å². The van der Waals surface area contributed by atoms with Crippen LogP contribution < -0.4 is 0 Å². The average Bonchev–Trinajstić information content (AvgIpc) is 2.85. The summed E-state index contributed by atoms with van der Waals surface area (Å²) in [7, 11) is 9.87. The Labute approximate surface area is 217 Å². The van der Waals surface area contributed by atoms with Crippen molar-refractivity contribution < 1.29 is 26.0 Å². The molecule has 1 unspecified atom stereocenters. The second-order valence-electron chi connectivity index (χ2n) is 8.29. The maximum atomic E-state index is 11.3. The molecule has 2 nitrogen and oxygen atoms in total. The average molecular weight is 562 g/mol. The van der Waals surface area contributed by atoms with Crippen LogP contribution in [0.4, 0.5) is 0 Å². The molecule has 33 heavy (non-hydrogen) atoms. The third-order valence-corrected chi connectivity index (χ3v) is 6.00. The van der Waals surface area contributed by atoms with Crippen molar-refractivity contribution in [3.63, 3.8) is 0 Å². The van der Waals surface area contributed by atoms with Gasteiger partial charge in [-0.1, -0.05) is 99.0 Å². The summed E-state index contributed by atoms with van der Waals surface area (Å²) in [5, 5.41) is 11.3. The summed E-state index contributed by atoms with van der Waals surface area (Å²) in [6, 6.07) is 27.0. The van der Waals surface area contributed by atoms with Gasteiger partial charge >= 0.3 is 37.9 Å². The van der Waals surface area contributed by atoms with Crippen molar-refractivity contribution in [2.45, 2.75) is 57.9 Å². The normalized spacial score (nSPS) is 12.2. The van der Waals surface area contributed by atoms with Crippen LogP contribution in [0, 0.1) is 0 Å². The Morgan fingerprint density at radius 2 is 1.45 bits per heavy atom. The van der Waals surface area contributed by atoms with Crippen molar-refractivity contribution >= 4 is 23.2 Å². The predicted molar refractivity (Wildman–Crippen MR) is 139 cm³/mol. The number of rotatable bonds is 9. The van der Waals surface area contributed by atoms with Crippen LogP contribution in [0.15, 0.2) is 83.9 Å². The van der Waals surface area contributed by atoms with E-state index in [9.17, 15) is 5.11 Å². The van der Waals surface area contributed by atoms with Crippen LogP contribution >= 0.6 is 17.0 Å². The molecule has 0 bridgehead atoms. The summed E-state index contributed by atoms with van der Waals surface area (Å²) in [4.78, 5) is 4.71. The van der Waals surface area contributed by atoms with Gasteiger partial charge in [0.2, 0.25) is 0 Å². The fraction of sp³-hybridized carbons (Fsp3) is 0.321. The van der Waals surface area contributed by atoms with E-state index in [0.717, 1.165) is 28.7 Å². The number of para-hydroxylation sites is 1. The van der Waals surface area contributed by atoms with Crippen molar-refractivity contribution in [1.82, 2.24) is 0 Å². The fourth-order valence-corrected chi connectivity index (χ4v) is 4.06. The Hall–Kier alpha value is -1.41. The molecule has 0 saturated heterocycles. The molecular weight excluding hydrogens is 528 g/mol. The SMILES string of the molecule is CCCCCC(C)N=Cc1cccc(C(C)(c2ccccc2)c2ccccc2)c1O.[Cl][Zr][Cl]. The quantitative estimate of drug-likeness (QED) is 0.159. The molecule has 0 heterocycles. The van der Waals surface area contributed by atoms with E-state index in [2.05, 4.69) is 69.3 Å². The van der Waals surface area contributed by atoms with E-state index in [1.807, 2.05) is 36.5 Å². The molecule has 1 N–H and O–H groups in total. The van der Waals surface area contributed by atoms with Gasteiger partial charge in [-0.05, 0) is 37.5 Å². The summed E-state index contributed by atoms with van der Waals surface area (Å²) >= 11 is -0.826. The molecule has 0 amide bonds. The van der Waals surface area contributed by atoms with Gasteiger partial charge in [0.25, 0.3) is 0 Å². The molecule has 0 aliphatic heterocycles. The van der Waals surface area contributed by atoms with E-state index in [-0.39, 0.29) is 6.04 Å². The third kappa shape index (κ3) is 7.81. The predicted octanol–water partition coefficient (Wildman–Crippen LogP) is 8.51. The standard InChI is InChI=1S/C28H33NO.2ClH.Zr/c1-4-5-8-14-22(2)29-21-23-15-13-20-26(27(23)30)28(3,24-16-9-6-10-17-24)25-18-11-7-12-19-25;;;/h6-7,9-13,15-22,30H,4-5,8,14H2,1-3H3;2*1H;/q;;;+2/p-2. The molecule has 3 rings (SSSR count). The molecule has 5 heteroatoms. The van der Waals surface area contributed by atoms with Crippen molar-refractivity contribution in [2.24, 2.45) is 4.99 Å². The number of benzene rings is 3. The van der Waals surface area contributed by atoms with Crippen LogP contribution in [-0.2, 0) is 26.3 Å². The second-order valence-corrected chi connectivity index (χ2v) is 12.0. The number of unbranched alkanes of at least 4 members (excludes halogenated alkanes) is 2. The van der Waals surface area contributed by atoms with Crippen LogP contribution in [0.25, 0.3) is 0 Å². The monoisotopic (exact) mass is 559 g/mol. The van der Waals surface area contributed by atoms with Gasteiger partial charge in [-0.25, -0.2) is 0 Å². The Morgan fingerprint density at radius 3 is 1.97 bits per heavy atom. The zero-order chi connectivity index (χ0) is 24.1. The van der Waals surface area contributed by atoms with Crippen molar-refractivity contribution in [2.75, 3.05) is 0 Å². The number of hydrogen-bond acceptors (Lipinski definition) is 2. The maximum absolute atomic E-state index is 11.3. The molecule has 1 atom stereocenters. The zero-order valence-electron chi connectivity index (χ0n) is 19.6. The molecule has 0 aromatic heterocycles. The van der Waals surface area contributed by atoms with E-state index < -0.39 is 26.3 Å². The topological polar surface area (TPSA) is 32.6 Å². The molecule has 3 aromatic rings. The van der Waals surface area contributed by atoms with E-state index >= 15 is 0 Å². The second kappa shape index (κ2) is 14.8. The number of halogens is 2. The minimum atomic E-state index is -0.826. The van der Waals surface area contributed by atoms with Gasteiger partial charge in [0.1, 0.15) is 5.75 Å². The Morgan fingerprint density at radius 1 is 0.909 bits per heavy atom. The summed E-state index contributed by atoms with van der Waals surface area (Å²) < 4.78 is 0. The third-order valence-electron chi connectivity index (χ3n) is 6.00. The summed E-state index contributed by atoms with van der Waals surface area (Å²) in [6.45, 7) is 6.54. The van der Waals surface area contributed by atoms with Crippen LogP contribution in [0.2, 0.25) is 0 Å². The first-order valence-corrected chi connectivity index (χ1v) is 17.7. The molecule has 0 aliphatic carbocycles. The first-order chi connectivity index (χ1) is 16.0. The summed E-state index contributed by atoms with van der Waals surface area (Å²) in [5.74, 6) is 0.303. The van der Waals surface area contributed by atoms with Gasteiger partial charge < -0.3 is 5.11 Å². The van der Waals surface area contributed by atoms with Crippen molar-refractivity contribution in [1.29, 1.82) is 0 Å². The van der Waals surface area contributed by atoms with E-state index in [1.54, 1.807) is 0 Å². The number of nitrogens with zero attached hydrogens (tertiary/aromatic N) is 1. The first kappa shape index (κ1) is 27.8. The summed E-state index contributed by atoms with van der Waals surface area (Å²) in [5.41, 5.74) is 3.49. The summed E-state index contributed by atoms with van der Waals surface area (Å²) in [6.07, 6.45) is 6.58. The van der Waals surface area contributed by atoms with Crippen LogP contribution in [-0.4, -0.2) is 17.4 Å². The fourth-order valence-electron chi connectivity index (χ4n) is 4.06. The Kier molecular flexibility index (Phi) is 12.5. The zero-order valence-corrected chi connectivity index (χ0v) is 23.6. The van der Waals surface area contributed by atoms with Crippen molar-refractivity contribution in [3.05, 3.63) is 101 Å². The molecule has 174 valence electrons. The van der Waals surface area contributed by atoms with Gasteiger partial charge in [0.15, 0.2) is 0 Å². The number of phenolic OH excluding ortho intramolecular Hbond substituents is 1. The van der Waals surface area contributed by atoms with Crippen LogP contribution in [0.3, 0.4) is 0 Å². The van der Waals surface area contributed by atoms with Gasteiger partial charge in [-0.2, -0.15) is 0 Å². The van der Waals surface area contributed by atoms with Gasteiger partial charge in [-0.3, -0.25) is 4.99 Å².